The topological polar surface area (TPSA) is 67.8 Å². The molecule has 5 nitrogen and oxygen atoms in total. The van der Waals surface area contributed by atoms with Crippen molar-refractivity contribution in [1.29, 1.82) is 0 Å². The zero-order valence-corrected chi connectivity index (χ0v) is 16.6. The van der Waals surface area contributed by atoms with E-state index in [1.807, 2.05) is 48.5 Å². The van der Waals surface area contributed by atoms with E-state index in [2.05, 4.69) is 5.32 Å². The molecule has 5 heteroatoms. The van der Waals surface area contributed by atoms with Crippen molar-refractivity contribution in [2.24, 2.45) is 0 Å². The van der Waals surface area contributed by atoms with Crippen LogP contribution in [0.4, 0.5) is 0 Å². The molecule has 0 aromatic heterocycles. The van der Waals surface area contributed by atoms with Crippen LogP contribution in [-0.4, -0.2) is 31.8 Å². The first kappa shape index (κ1) is 20.4. The Balaban J connectivity index is 1.55. The number of fused-ring (bicyclic) bond motifs is 1. The summed E-state index contributed by atoms with van der Waals surface area (Å²) in [5.74, 6) is 1.02. The molecule has 0 unspecified atom stereocenters. The van der Waals surface area contributed by atoms with Crippen molar-refractivity contribution >= 4 is 22.8 Å². The number of carbonyl (C=O) groups is 1. The van der Waals surface area contributed by atoms with Gasteiger partial charge in [-0.1, -0.05) is 48.5 Å². The zero-order chi connectivity index (χ0) is 20.6. The van der Waals surface area contributed by atoms with Gasteiger partial charge in [-0.05, 0) is 46.5 Å². The second kappa shape index (κ2) is 9.75. The van der Waals surface area contributed by atoms with Gasteiger partial charge in [0.15, 0.2) is 11.5 Å². The highest BCUT2D eigenvalue weighted by molar-refractivity contribution is 5.91. The average Bonchev–Trinajstić information content (AvgIpc) is 2.76. The van der Waals surface area contributed by atoms with Gasteiger partial charge in [-0.15, -0.1) is 0 Å². The van der Waals surface area contributed by atoms with Crippen LogP contribution in [0.1, 0.15) is 23.7 Å². The SMILES string of the molecule is COc1ccc(/C=C/C(=O)NCC[C@H](O)c2cccc3ccccc23)cc1OC. The van der Waals surface area contributed by atoms with Crippen molar-refractivity contribution in [1.82, 2.24) is 5.32 Å². The Bertz CT molecular complexity index is 1010. The van der Waals surface area contributed by atoms with E-state index in [4.69, 9.17) is 9.47 Å². The van der Waals surface area contributed by atoms with Crippen LogP contribution in [-0.2, 0) is 4.79 Å². The Hall–Kier alpha value is -3.31. The Labute approximate surface area is 170 Å². The van der Waals surface area contributed by atoms with E-state index in [1.54, 1.807) is 32.4 Å². The van der Waals surface area contributed by atoms with Crippen LogP contribution < -0.4 is 14.8 Å². The molecule has 3 aromatic rings. The maximum absolute atomic E-state index is 12.1. The maximum atomic E-state index is 12.1. The summed E-state index contributed by atoms with van der Waals surface area (Å²) >= 11 is 0. The van der Waals surface area contributed by atoms with Crippen molar-refractivity contribution in [3.05, 3.63) is 77.9 Å². The van der Waals surface area contributed by atoms with Crippen molar-refractivity contribution in [3.8, 4) is 11.5 Å². The number of ether oxygens (including phenoxy) is 2. The van der Waals surface area contributed by atoms with Crippen LogP contribution in [0, 0.1) is 0 Å². The van der Waals surface area contributed by atoms with E-state index < -0.39 is 6.10 Å². The van der Waals surface area contributed by atoms with E-state index in [0.717, 1.165) is 21.9 Å². The minimum Gasteiger partial charge on any atom is -0.493 e. The van der Waals surface area contributed by atoms with Gasteiger partial charge < -0.3 is 19.9 Å². The molecule has 3 rings (SSSR count). The first-order chi connectivity index (χ1) is 14.1. The molecule has 2 N–H and O–H groups in total. The standard InChI is InChI=1S/C24H25NO4/c1-28-22-12-10-17(16-23(22)29-2)11-13-24(27)25-15-14-21(26)20-9-5-7-18-6-3-4-8-19(18)20/h3-13,16,21,26H,14-15H2,1-2H3,(H,25,27)/b13-11+/t21-/m0/s1. The normalized spacial score (nSPS) is 12.1. The van der Waals surface area contributed by atoms with E-state index in [-0.39, 0.29) is 5.91 Å². The molecule has 0 fully saturated rings. The highest BCUT2D eigenvalue weighted by Gasteiger charge is 2.11. The number of aliphatic hydroxyl groups is 1. The second-order valence-electron chi connectivity index (χ2n) is 6.61. The van der Waals surface area contributed by atoms with Gasteiger partial charge >= 0.3 is 0 Å². The van der Waals surface area contributed by atoms with Crippen LogP contribution in [0.15, 0.2) is 66.7 Å². The summed E-state index contributed by atoms with van der Waals surface area (Å²) in [6, 6.07) is 19.3. The average molecular weight is 391 g/mol. The number of benzene rings is 3. The molecule has 0 aliphatic rings. The lowest BCUT2D eigenvalue weighted by Gasteiger charge is -2.14. The Morgan fingerprint density at radius 2 is 1.79 bits per heavy atom. The molecule has 0 bridgehead atoms. The van der Waals surface area contributed by atoms with Crippen molar-refractivity contribution in [2.75, 3.05) is 20.8 Å². The fourth-order valence-electron chi connectivity index (χ4n) is 3.22. The first-order valence-corrected chi connectivity index (χ1v) is 9.46. The van der Waals surface area contributed by atoms with Crippen LogP contribution in [0.3, 0.4) is 0 Å². The van der Waals surface area contributed by atoms with Gasteiger partial charge in [-0.2, -0.15) is 0 Å². The summed E-state index contributed by atoms with van der Waals surface area (Å²) in [5.41, 5.74) is 1.70. The van der Waals surface area contributed by atoms with Gasteiger partial charge in [0.1, 0.15) is 0 Å². The number of methoxy groups -OCH3 is 2. The highest BCUT2D eigenvalue weighted by atomic mass is 16.5. The molecule has 0 aliphatic heterocycles. The highest BCUT2D eigenvalue weighted by Crippen LogP contribution is 2.28. The Morgan fingerprint density at radius 3 is 2.59 bits per heavy atom. The molecule has 3 aromatic carbocycles. The Morgan fingerprint density at radius 1 is 1.03 bits per heavy atom. The molecule has 1 amide bonds. The monoisotopic (exact) mass is 391 g/mol. The number of amides is 1. The third kappa shape index (κ3) is 5.15. The summed E-state index contributed by atoms with van der Waals surface area (Å²) in [4.78, 5) is 12.1. The van der Waals surface area contributed by atoms with Crippen LogP contribution in [0.25, 0.3) is 16.8 Å². The number of hydrogen-bond acceptors (Lipinski definition) is 4. The first-order valence-electron chi connectivity index (χ1n) is 9.46. The minimum atomic E-state index is -0.642. The van der Waals surface area contributed by atoms with E-state index >= 15 is 0 Å². The molecule has 0 radical (unpaired) electrons. The third-order valence-electron chi connectivity index (χ3n) is 4.73. The molecule has 0 saturated carbocycles. The molecule has 0 aliphatic carbocycles. The van der Waals surface area contributed by atoms with E-state index in [9.17, 15) is 9.90 Å². The van der Waals surface area contributed by atoms with Gasteiger partial charge in [0.2, 0.25) is 5.91 Å². The van der Waals surface area contributed by atoms with Crippen molar-refractivity contribution in [3.63, 3.8) is 0 Å². The van der Waals surface area contributed by atoms with Gasteiger partial charge in [0.05, 0.1) is 20.3 Å². The predicted molar refractivity (Wildman–Crippen MR) is 115 cm³/mol. The minimum absolute atomic E-state index is 0.218. The molecular formula is C24H25NO4. The largest absolute Gasteiger partial charge is 0.493 e. The molecule has 0 saturated heterocycles. The second-order valence-corrected chi connectivity index (χ2v) is 6.61. The fraction of sp³-hybridized carbons (Fsp3) is 0.208. The Kier molecular flexibility index (Phi) is 6.87. The molecular weight excluding hydrogens is 366 g/mol. The number of hydrogen-bond donors (Lipinski definition) is 2. The number of nitrogens with one attached hydrogen (secondary N) is 1. The number of rotatable bonds is 8. The van der Waals surface area contributed by atoms with Crippen LogP contribution in [0.2, 0.25) is 0 Å². The molecule has 0 spiro atoms. The van der Waals surface area contributed by atoms with Crippen LogP contribution >= 0.6 is 0 Å². The van der Waals surface area contributed by atoms with Crippen molar-refractivity contribution in [2.45, 2.75) is 12.5 Å². The predicted octanol–water partition coefficient (Wildman–Crippen LogP) is 4.11. The van der Waals surface area contributed by atoms with Crippen LogP contribution in [0.5, 0.6) is 11.5 Å². The molecule has 29 heavy (non-hydrogen) atoms. The lowest BCUT2D eigenvalue weighted by Crippen LogP contribution is -2.23. The maximum Gasteiger partial charge on any atom is 0.244 e. The van der Waals surface area contributed by atoms with Crippen molar-refractivity contribution < 1.29 is 19.4 Å². The van der Waals surface area contributed by atoms with Gasteiger partial charge in [-0.3, -0.25) is 4.79 Å². The summed E-state index contributed by atoms with van der Waals surface area (Å²) < 4.78 is 10.5. The number of carbonyl (C=O) groups excluding carboxylic acids is 1. The molecule has 150 valence electrons. The molecule has 0 heterocycles. The third-order valence-corrected chi connectivity index (χ3v) is 4.73. The summed E-state index contributed by atoms with van der Waals surface area (Å²) in [7, 11) is 3.15. The van der Waals surface area contributed by atoms with Gasteiger partial charge in [-0.25, -0.2) is 0 Å². The van der Waals surface area contributed by atoms with E-state index in [0.29, 0.717) is 24.5 Å². The van der Waals surface area contributed by atoms with Gasteiger partial charge in [0, 0.05) is 12.6 Å². The summed E-state index contributed by atoms with van der Waals surface area (Å²) in [6.07, 6.45) is 2.96. The smallest absolute Gasteiger partial charge is 0.244 e. The number of aliphatic hydroxyl groups excluding tert-OH is 1. The summed E-state index contributed by atoms with van der Waals surface area (Å²) in [6.45, 7) is 0.374. The lowest BCUT2D eigenvalue weighted by atomic mass is 9.99. The molecule has 1 atom stereocenters. The van der Waals surface area contributed by atoms with E-state index in [1.165, 1.54) is 6.08 Å². The zero-order valence-electron chi connectivity index (χ0n) is 16.6. The lowest BCUT2D eigenvalue weighted by molar-refractivity contribution is -0.116. The summed E-state index contributed by atoms with van der Waals surface area (Å²) in [5, 5.41) is 15.5. The van der Waals surface area contributed by atoms with Gasteiger partial charge in [0.25, 0.3) is 0 Å². The quantitative estimate of drug-likeness (QED) is 0.567. The fourth-order valence-corrected chi connectivity index (χ4v) is 3.22.